The predicted molar refractivity (Wildman–Crippen MR) is 161 cm³/mol. The molecule has 0 heterocycles. The number of nitrogens with zero attached hydrogens (tertiary/aromatic N) is 1. The number of halogens is 2. The third-order valence-corrected chi connectivity index (χ3v) is 6.98. The zero-order chi connectivity index (χ0) is 24.5. The molecule has 0 radical (unpaired) electrons. The van der Waals surface area contributed by atoms with Crippen LogP contribution >= 0.6 is 24.8 Å². The van der Waals surface area contributed by atoms with E-state index in [4.69, 9.17) is 16.2 Å². The molecule has 37 heavy (non-hydrogen) atoms. The zero-order valence-electron chi connectivity index (χ0n) is 21.6. The van der Waals surface area contributed by atoms with Gasteiger partial charge in [-0.25, -0.2) is 4.79 Å². The molecule has 0 unspecified atom stereocenters. The van der Waals surface area contributed by atoms with E-state index in [1.807, 2.05) is 17.0 Å². The van der Waals surface area contributed by atoms with Crippen LogP contribution in [0.25, 0.3) is 27.6 Å². The maximum Gasteiger partial charge on any atom is 0.415 e. The lowest BCUT2D eigenvalue weighted by molar-refractivity contribution is 0.150. The molecular formula is C30H41Cl2N3O2. The lowest BCUT2D eigenvalue weighted by atomic mass is 9.96. The second-order valence-electron chi connectivity index (χ2n) is 9.54. The number of benzene rings is 3. The summed E-state index contributed by atoms with van der Waals surface area (Å²) in [6.45, 7) is 2.89. The van der Waals surface area contributed by atoms with Gasteiger partial charge in [-0.15, -0.1) is 24.8 Å². The number of unbranched alkanes of at least 4 members (excludes halogenated alkanes) is 6. The van der Waals surface area contributed by atoms with Gasteiger partial charge in [0.2, 0.25) is 0 Å². The van der Waals surface area contributed by atoms with Crippen LogP contribution in [-0.4, -0.2) is 37.2 Å². The molecule has 0 aliphatic heterocycles. The Bertz CT molecular complexity index is 1170. The van der Waals surface area contributed by atoms with E-state index >= 15 is 0 Å². The standard InChI is InChI=1S/C30H39N3O2.2ClH/c31-18-5-1-3-7-20-33(21-8-4-2-6-19-32)30(34)35-25-14-17-27-24(22-25)13-16-28-26-11-9-10-23(26)12-15-29(27)28;;/h9-10,12-17,22H,1-8,11,18-21,31-32H2;2*1H. The van der Waals surface area contributed by atoms with Gasteiger partial charge in [0.1, 0.15) is 5.75 Å². The van der Waals surface area contributed by atoms with Crippen LogP contribution in [0.2, 0.25) is 0 Å². The summed E-state index contributed by atoms with van der Waals surface area (Å²) in [5.41, 5.74) is 13.9. The Kier molecular flexibility index (Phi) is 13.2. The second-order valence-corrected chi connectivity index (χ2v) is 9.54. The molecule has 4 N–H and O–H groups in total. The van der Waals surface area contributed by atoms with Gasteiger partial charge in [-0.2, -0.15) is 0 Å². The Morgan fingerprint density at radius 2 is 1.38 bits per heavy atom. The van der Waals surface area contributed by atoms with Crippen molar-refractivity contribution >= 4 is 58.5 Å². The van der Waals surface area contributed by atoms with Gasteiger partial charge >= 0.3 is 6.09 Å². The average molecular weight is 547 g/mol. The summed E-state index contributed by atoms with van der Waals surface area (Å²) in [4.78, 5) is 15.0. The topological polar surface area (TPSA) is 81.6 Å². The van der Waals surface area contributed by atoms with E-state index in [1.54, 1.807) is 0 Å². The number of allylic oxidation sites excluding steroid dienone is 1. The molecule has 3 aromatic rings. The van der Waals surface area contributed by atoms with Gasteiger partial charge in [0.15, 0.2) is 0 Å². The van der Waals surface area contributed by atoms with Crippen LogP contribution in [0.15, 0.2) is 48.5 Å². The molecular weight excluding hydrogens is 505 g/mol. The van der Waals surface area contributed by atoms with Crippen molar-refractivity contribution in [3.05, 3.63) is 59.7 Å². The monoisotopic (exact) mass is 545 g/mol. The van der Waals surface area contributed by atoms with Crippen molar-refractivity contribution < 1.29 is 9.53 Å². The molecule has 0 fully saturated rings. The van der Waals surface area contributed by atoms with Crippen LogP contribution in [0.3, 0.4) is 0 Å². The first-order valence-corrected chi connectivity index (χ1v) is 13.2. The SMILES string of the molecule is Cl.Cl.NCCCCCCN(CCCCCCN)C(=O)Oc1ccc2c(ccc3c4c(ccc32)C=CC4)c1. The Morgan fingerprint density at radius 3 is 2.05 bits per heavy atom. The number of amides is 1. The smallest absolute Gasteiger partial charge is 0.410 e. The molecule has 1 aliphatic carbocycles. The quantitative estimate of drug-likeness (QED) is 0.175. The van der Waals surface area contributed by atoms with E-state index < -0.39 is 0 Å². The summed E-state index contributed by atoms with van der Waals surface area (Å²) >= 11 is 0. The highest BCUT2D eigenvalue weighted by atomic mass is 35.5. The van der Waals surface area contributed by atoms with Crippen LogP contribution in [0, 0.1) is 0 Å². The number of rotatable bonds is 13. The molecule has 0 saturated heterocycles. The third-order valence-electron chi connectivity index (χ3n) is 6.98. The number of carbonyl (C=O) groups excluding carboxylic acids is 1. The lowest BCUT2D eigenvalue weighted by Crippen LogP contribution is -2.35. The minimum atomic E-state index is -0.258. The summed E-state index contributed by atoms with van der Waals surface area (Å²) in [5, 5.41) is 4.83. The minimum absolute atomic E-state index is 0. The first kappa shape index (κ1) is 30.9. The van der Waals surface area contributed by atoms with Crippen molar-refractivity contribution in [3.63, 3.8) is 0 Å². The number of hydrogen-bond acceptors (Lipinski definition) is 4. The third kappa shape index (κ3) is 8.08. The van der Waals surface area contributed by atoms with Gasteiger partial charge in [-0.05, 0) is 90.0 Å². The van der Waals surface area contributed by atoms with E-state index in [1.165, 1.54) is 27.3 Å². The highest BCUT2D eigenvalue weighted by molar-refractivity contribution is 6.10. The molecule has 7 heteroatoms. The fourth-order valence-electron chi connectivity index (χ4n) is 5.02. The normalized spacial score (nSPS) is 11.7. The van der Waals surface area contributed by atoms with Crippen LogP contribution in [0.4, 0.5) is 4.79 Å². The molecule has 4 rings (SSSR count). The molecule has 3 aromatic carbocycles. The van der Waals surface area contributed by atoms with Gasteiger partial charge < -0.3 is 21.1 Å². The fraction of sp³-hybridized carbons (Fsp3) is 0.433. The number of fused-ring (bicyclic) bond motifs is 5. The van der Waals surface area contributed by atoms with Gasteiger partial charge in [-0.3, -0.25) is 0 Å². The minimum Gasteiger partial charge on any atom is -0.410 e. The van der Waals surface area contributed by atoms with Crippen molar-refractivity contribution in [1.82, 2.24) is 4.90 Å². The number of carbonyl (C=O) groups is 1. The van der Waals surface area contributed by atoms with Crippen LogP contribution in [0.1, 0.15) is 62.5 Å². The van der Waals surface area contributed by atoms with Gasteiger partial charge in [-0.1, -0.05) is 68.2 Å². The van der Waals surface area contributed by atoms with E-state index in [-0.39, 0.29) is 30.9 Å². The largest absolute Gasteiger partial charge is 0.415 e. The number of nitrogens with two attached hydrogens (primary N) is 2. The average Bonchev–Trinajstić information content (AvgIpc) is 3.36. The highest BCUT2D eigenvalue weighted by Gasteiger charge is 2.16. The lowest BCUT2D eigenvalue weighted by Gasteiger charge is -2.22. The molecule has 0 spiro atoms. The maximum absolute atomic E-state index is 13.1. The summed E-state index contributed by atoms with van der Waals surface area (Å²) in [6, 6.07) is 14.7. The van der Waals surface area contributed by atoms with Gasteiger partial charge in [0.25, 0.3) is 0 Å². The predicted octanol–water partition coefficient (Wildman–Crippen LogP) is 7.24. The molecule has 1 amide bonds. The van der Waals surface area contributed by atoms with Gasteiger partial charge in [0.05, 0.1) is 0 Å². The molecule has 0 bridgehead atoms. The van der Waals surface area contributed by atoms with Crippen LogP contribution in [0.5, 0.6) is 5.75 Å². The van der Waals surface area contributed by atoms with Gasteiger partial charge in [0, 0.05) is 13.1 Å². The molecule has 0 atom stereocenters. The molecule has 1 aliphatic rings. The first-order valence-electron chi connectivity index (χ1n) is 13.2. The van der Waals surface area contributed by atoms with Crippen LogP contribution in [-0.2, 0) is 6.42 Å². The highest BCUT2D eigenvalue weighted by Crippen LogP contribution is 2.34. The summed E-state index contributed by atoms with van der Waals surface area (Å²) in [5.74, 6) is 0.598. The number of hydrogen-bond donors (Lipinski definition) is 2. The number of ether oxygens (including phenoxy) is 1. The Morgan fingerprint density at radius 1 is 0.757 bits per heavy atom. The summed E-state index contributed by atoms with van der Waals surface area (Å²) in [7, 11) is 0. The Labute approximate surface area is 233 Å². The van der Waals surface area contributed by atoms with Crippen molar-refractivity contribution in [2.45, 2.75) is 57.8 Å². The zero-order valence-corrected chi connectivity index (χ0v) is 23.3. The molecule has 0 saturated carbocycles. The van der Waals surface area contributed by atoms with E-state index in [0.717, 1.165) is 89.4 Å². The molecule has 202 valence electrons. The molecule has 0 aromatic heterocycles. The van der Waals surface area contributed by atoms with Crippen molar-refractivity contribution in [1.29, 1.82) is 0 Å². The summed E-state index contributed by atoms with van der Waals surface area (Å²) in [6.07, 6.45) is 13.5. The van der Waals surface area contributed by atoms with Crippen molar-refractivity contribution in [2.24, 2.45) is 11.5 Å². The van der Waals surface area contributed by atoms with Crippen molar-refractivity contribution in [2.75, 3.05) is 26.2 Å². The first-order chi connectivity index (χ1) is 17.2. The van der Waals surface area contributed by atoms with Crippen LogP contribution < -0.4 is 16.2 Å². The summed E-state index contributed by atoms with van der Waals surface area (Å²) < 4.78 is 5.86. The van der Waals surface area contributed by atoms with E-state index in [0.29, 0.717) is 5.75 Å². The second kappa shape index (κ2) is 15.8. The van der Waals surface area contributed by atoms with E-state index in [2.05, 4.69) is 42.5 Å². The Hall–Kier alpha value is -2.31. The Balaban J connectivity index is 0.00000241. The van der Waals surface area contributed by atoms with E-state index in [9.17, 15) is 4.79 Å². The maximum atomic E-state index is 13.1. The van der Waals surface area contributed by atoms with Crippen molar-refractivity contribution in [3.8, 4) is 5.75 Å². The fourth-order valence-corrected chi connectivity index (χ4v) is 5.02. The molecule has 5 nitrogen and oxygen atoms in total.